The van der Waals surface area contributed by atoms with Gasteiger partial charge in [0.25, 0.3) is 5.91 Å². The molecule has 2 aromatic carbocycles. The fourth-order valence-corrected chi connectivity index (χ4v) is 3.65. The first-order valence-electron chi connectivity index (χ1n) is 10.9. The van der Waals surface area contributed by atoms with E-state index >= 15 is 0 Å². The van der Waals surface area contributed by atoms with Crippen LogP contribution in [-0.4, -0.2) is 31.8 Å². The monoisotopic (exact) mass is 441 g/mol. The molecule has 0 radical (unpaired) electrons. The molecule has 0 bridgehead atoms. The summed E-state index contributed by atoms with van der Waals surface area (Å²) in [7, 11) is 0. The fourth-order valence-electron chi connectivity index (χ4n) is 3.65. The van der Waals surface area contributed by atoms with Crippen LogP contribution >= 0.6 is 0 Å². The van der Waals surface area contributed by atoms with Gasteiger partial charge in [-0.1, -0.05) is 30.3 Å². The second kappa shape index (κ2) is 9.12. The van der Waals surface area contributed by atoms with Gasteiger partial charge in [0, 0.05) is 30.5 Å². The lowest BCUT2D eigenvalue weighted by Crippen LogP contribution is -2.32. The van der Waals surface area contributed by atoms with Crippen molar-refractivity contribution in [3.05, 3.63) is 95.2 Å². The third-order valence-corrected chi connectivity index (χ3v) is 5.41. The number of pyridine rings is 1. The zero-order chi connectivity index (χ0) is 22.6. The van der Waals surface area contributed by atoms with Crippen molar-refractivity contribution in [2.24, 2.45) is 0 Å². The summed E-state index contributed by atoms with van der Waals surface area (Å²) in [5.74, 6) is 1.46. The third kappa shape index (κ3) is 4.55. The molecule has 8 nitrogen and oxygen atoms in total. The van der Waals surface area contributed by atoms with Crippen molar-refractivity contribution in [1.29, 1.82) is 0 Å². The van der Waals surface area contributed by atoms with Crippen LogP contribution in [0.4, 0.5) is 0 Å². The second-order valence-corrected chi connectivity index (χ2v) is 7.84. The average Bonchev–Trinajstić information content (AvgIpc) is 3.64. The number of nitrogens with one attached hydrogen (secondary N) is 1. The van der Waals surface area contributed by atoms with Crippen molar-refractivity contribution in [3.63, 3.8) is 0 Å². The van der Waals surface area contributed by atoms with Crippen LogP contribution in [0.1, 0.15) is 29.2 Å². The number of hydrogen-bond acceptors (Lipinski definition) is 5. The first-order chi connectivity index (χ1) is 16.2. The normalized spacial score (nSPS) is 13.0. The van der Waals surface area contributed by atoms with Gasteiger partial charge in [-0.2, -0.15) is 0 Å². The average molecular weight is 441 g/mol. The van der Waals surface area contributed by atoms with Crippen molar-refractivity contribution < 1.29 is 9.53 Å². The lowest BCUT2D eigenvalue weighted by molar-refractivity contribution is 0.0949. The second-order valence-electron chi connectivity index (χ2n) is 7.84. The van der Waals surface area contributed by atoms with E-state index in [1.165, 1.54) is 4.68 Å². The van der Waals surface area contributed by atoms with E-state index in [1.807, 2.05) is 48.5 Å². The molecule has 166 valence electrons. The van der Waals surface area contributed by atoms with Gasteiger partial charge in [0.1, 0.15) is 11.5 Å². The van der Waals surface area contributed by atoms with Gasteiger partial charge in [-0.05, 0) is 49.2 Å². The Hall–Kier alpha value is -4.20. The van der Waals surface area contributed by atoms with E-state index in [1.54, 1.807) is 35.2 Å². The van der Waals surface area contributed by atoms with Crippen molar-refractivity contribution in [3.8, 4) is 22.9 Å². The summed E-state index contributed by atoms with van der Waals surface area (Å²) in [6, 6.07) is 20.3. The van der Waals surface area contributed by atoms with E-state index in [-0.39, 0.29) is 30.7 Å². The van der Waals surface area contributed by atoms with Gasteiger partial charge in [-0.3, -0.25) is 14.3 Å². The summed E-state index contributed by atoms with van der Waals surface area (Å²) in [6.45, 7) is 0.520. The fraction of sp³-hybridized carbons (Fsp3) is 0.200. The highest BCUT2D eigenvalue weighted by atomic mass is 16.5. The maximum absolute atomic E-state index is 13.0. The van der Waals surface area contributed by atoms with E-state index in [0.29, 0.717) is 22.9 Å². The number of ether oxygens (including phenoxy) is 1. The highest BCUT2D eigenvalue weighted by Crippen LogP contribution is 2.36. The molecule has 1 aliphatic rings. The predicted molar refractivity (Wildman–Crippen MR) is 123 cm³/mol. The molecule has 2 heterocycles. The number of rotatable bonds is 8. The molecular weight excluding hydrogens is 418 g/mol. The van der Waals surface area contributed by atoms with Crippen molar-refractivity contribution >= 4 is 5.91 Å². The summed E-state index contributed by atoms with van der Waals surface area (Å²) in [6.07, 6.45) is 5.33. The highest BCUT2D eigenvalue weighted by molar-refractivity contribution is 5.97. The van der Waals surface area contributed by atoms with Crippen LogP contribution in [0, 0.1) is 0 Å². The summed E-state index contributed by atoms with van der Waals surface area (Å²) in [4.78, 5) is 29.9. The molecule has 0 atom stereocenters. The Kier molecular flexibility index (Phi) is 5.72. The minimum absolute atomic E-state index is 0.168. The quantitative estimate of drug-likeness (QED) is 0.451. The van der Waals surface area contributed by atoms with Gasteiger partial charge in [0.05, 0.1) is 12.1 Å². The van der Waals surface area contributed by atoms with Crippen LogP contribution in [0.3, 0.4) is 0 Å². The molecule has 33 heavy (non-hydrogen) atoms. The summed E-state index contributed by atoms with van der Waals surface area (Å²) >= 11 is 0. The maximum atomic E-state index is 13.0. The third-order valence-electron chi connectivity index (χ3n) is 5.41. The van der Waals surface area contributed by atoms with Gasteiger partial charge in [-0.25, -0.2) is 9.48 Å². The number of carbonyl (C=O) groups is 1. The van der Waals surface area contributed by atoms with E-state index in [2.05, 4.69) is 15.4 Å². The molecular formula is C25H23N5O3. The van der Waals surface area contributed by atoms with Crippen LogP contribution in [-0.2, 0) is 6.54 Å². The van der Waals surface area contributed by atoms with Crippen molar-refractivity contribution in [1.82, 2.24) is 24.6 Å². The van der Waals surface area contributed by atoms with Crippen LogP contribution in [0.2, 0.25) is 0 Å². The Morgan fingerprint density at radius 3 is 2.58 bits per heavy atom. The predicted octanol–water partition coefficient (Wildman–Crippen LogP) is 3.66. The number of para-hydroxylation sites is 2. The standard InChI is InChI=1S/C25H23N5O3/c31-24(21-10-4-5-11-22(21)33-20-8-2-1-3-9-20)27-15-16-29-25(32)30(19-12-13-19)23(28-29)18-7-6-14-26-17-18/h1-11,14,17,19H,12-13,15-16H2,(H,27,31). The molecule has 0 saturated heterocycles. The first kappa shape index (κ1) is 20.7. The van der Waals surface area contributed by atoms with Gasteiger partial charge in [0.2, 0.25) is 0 Å². The molecule has 0 unspecified atom stereocenters. The van der Waals surface area contributed by atoms with Gasteiger partial charge >= 0.3 is 5.69 Å². The summed E-state index contributed by atoms with van der Waals surface area (Å²) < 4.78 is 9.03. The van der Waals surface area contributed by atoms with Crippen LogP contribution in [0.15, 0.2) is 83.9 Å². The molecule has 2 aromatic heterocycles. The lowest BCUT2D eigenvalue weighted by atomic mass is 10.2. The van der Waals surface area contributed by atoms with Crippen molar-refractivity contribution in [2.45, 2.75) is 25.4 Å². The molecule has 0 spiro atoms. The summed E-state index contributed by atoms with van der Waals surface area (Å²) in [5.41, 5.74) is 1.06. The van der Waals surface area contributed by atoms with Gasteiger partial charge in [0.15, 0.2) is 5.82 Å². The summed E-state index contributed by atoms with van der Waals surface area (Å²) in [5, 5.41) is 7.41. The number of benzene rings is 2. The number of carbonyl (C=O) groups excluding carboxylic acids is 1. The molecule has 1 saturated carbocycles. The van der Waals surface area contributed by atoms with Crippen molar-refractivity contribution in [2.75, 3.05) is 6.54 Å². The molecule has 0 aliphatic heterocycles. The topological polar surface area (TPSA) is 91.0 Å². The smallest absolute Gasteiger partial charge is 0.346 e. The Morgan fingerprint density at radius 2 is 1.82 bits per heavy atom. The number of amides is 1. The minimum atomic E-state index is -0.274. The Morgan fingerprint density at radius 1 is 1.03 bits per heavy atom. The minimum Gasteiger partial charge on any atom is -0.457 e. The van der Waals surface area contributed by atoms with E-state index in [4.69, 9.17) is 4.74 Å². The molecule has 5 rings (SSSR count). The van der Waals surface area contributed by atoms with Gasteiger partial charge < -0.3 is 10.1 Å². The molecule has 1 aliphatic carbocycles. The number of hydrogen-bond donors (Lipinski definition) is 1. The Labute approximate surface area is 190 Å². The van der Waals surface area contributed by atoms with E-state index in [0.717, 1.165) is 18.4 Å². The number of nitrogens with zero attached hydrogens (tertiary/aromatic N) is 4. The lowest BCUT2D eigenvalue weighted by Gasteiger charge is -2.11. The van der Waals surface area contributed by atoms with Crippen LogP contribution in [0.5, 0.6) is 11.5 Å². The highest BCUT2D eigenvalue weighted by Gasteiger charge is 2.30. The first-order valence-corrected chi connectivity index (χ1v) is 10.9. The maximum Gasteiger partial charge on any atom is 0.346 e. The van der Waals surface area contributed by atoms with Crippen LogP contribution < -0.4 is 15.7 Å². The van der Waals surface area contributed by atoms with E-state index in [9.17, 15) is 9.59 Å². The van der Waals surface area contributed by atoms with Crippen LogP contribution in [0.25, 0.3) is 11.4 Å². The number of aromatic nitrogens is 4. The molecule has 1 amide bonds. The van der Waals surface area contributed by atoms with Gasteiger partial charge in [-0.15, -0.1) is 5.10 Å². The molecule has 1 fully saturated rings. The zero-order valence-corrected chi connectivity index (χ0v) is 17.9. The largest absolute Gasteiger partial charge is 0.457 e. The Bertz CT molecular complexity index is 1310. The molecule has 4 aromatic rings. The Balaban J connectivity index is 1.29. The molecule has 1 N–H and O–H groups in total. The SMILES string of the molecule is O=C(NCCn1nc(-c2cccnc2)n(C2CC2)c1=O)c1ccccc1Oc1ccccc1. The zero-order valence-electron chi connectivity index (χ0n) is 17.9. The molecule has 8 heteroatoms. The van der Waals surface area contributed by atoms with E-state index < -0.39 is 0 Å².